The van der Waals surface area contributed by atoms with Gasteiger partial charge in [-0.05, 0) is 36.3 Å². The van der Waals surface area contributed by atoms with Gasteiger partial charge in [0.1, 0.15) is 30.5 Å². The number of quaternary nitrogens is 1. The fourth-order valence-corrected chi connectivity index (χ4v) is 4.18. The number of hydrogen-bond acceptors (Lipinski definition) is 6. The van der Waals surface area contributed by atoms with Gasteiger partial charge in [0.2, 0.25) is 0 Å². The zero-order valence-corrected chi connectivity index (χ0v) is 17.3. The van der Waals surface area contributed by atoms with Crippen LogP contribution in [0.2, 0.25) is 0 Å². The summed E-state index contributed by atoms with van der Waals surface area (Å²) in [5.74, 6) is -1.24. The minimum absolute atomic E-state index is 0.370. The average molecular weight is 402 g/mol. The number of ether oxygens (including phenoxy) is 4. The number of hydrogen-bond donors (Lipinski definition) is 1. The number of esters is 2. The lowest BCUT2D eigenvalue weighted by Gasteiger charge is -2.36. The van der Waals surface area contributed by atoms with Crippen LogP contribution in [-0.2, 0) is 23.8 Å². The van der Waals surface area contributed by atoms with Gasteiger partial charge in [-0.25, -0.2) is 4.79 Å². The van der Waals surface area contributed by atoms with Crippen molar-refractivity contribution in [2.45, 2.75) is 12.8 Å². The minimum atomic E-state index is -0.626. The first-order chi connectivity index (χ1) is 14.0. The lowest BCUT2D eigenvalue weighted by Crippen LogP contribution is -3.13. The van der Waals surface area contributed by atoms with Crippen molar-refractivity contribution in [2.24, 2.45) is 5.92 Å². The molecule has 0 saturated carbocycles. The summed E-state index contributed by atoms with van der Waals surface area (Å²) in [6.45, 7) is 4.65. The van der Waals surface area contributed by atoms with E-state index >= 15 is 0 Å². The Balaban J connectivity index is 2.16. The molecule has 1 heterocycles. The number of methoxy groups -OCH3 is 3. The molecule has 1 aromatic rings. The quantitative estimate of drug-likeness (QED) is 0.737. The second-order valence-electron chi connectivity index (χ2n) is 7.16. The third kappa shape index (κ3) is 4.21. The van der Waals surface area contributed by atoms with Crippen LogP contribution < -0.4 is 9.64 Å². The Bertz CT molecular complexity index is 820. The lowest BCUT2D eigenvalue weighted by atomic mass is 9.73. The molecule has 7 heteroatoms. The maximum atomic E-state index is 13.0. The highest BCUT2D eigenvalue weighted by Gasteiger charge is 2.46. The van der Waals surface area contributed by atoms with Gasteiger partial charge in [-0.15, -0.1) is 0 Å². The summed E-state index contributed by atoms with van der Waals surface area (Å²) in [5.41, 5.74) is 3.03. The van der Waals surface area contributed by atoms with Gasteiger partial charge in [0.05, 0.1) is 34.5 Å². The minimum Gasteiger partial charge on any atom is -0.497 e. The normalized spacial score (nSPS) is 22.7. The van der Waals surface area contributed by atoms with Crippen molar-refractivity contribution in [3.8, 4) is 5.75 Å². The molecule has 1 fully saturated rings. The third-order valence-corrected chi connectivity index (χ3v) is 5.62. The SMILES string of the molecule is COC(=O)C1=C(C)C=C([NH+]2CCOCC2)[C@H](C(=O)OC)[C@@H]1c1ccc(OC)cc1. The van der Waals surface area contributed by atoms with E-state index < -0.39 is 17.8 Å². The van der Waals surface area contributed by atoms with Crippen molar-refractivity contribution < 1.29 is 33.4 Å². The van der Waals surface area contributed by atoms with Crippen molar-refractivity contribution in [1.29, 1.82) is 0 Å². The van der Waals surface area contributed by atoms with Crippen LogP contribution in [0.25, 0.3) is 0 Å². The molecule has 3 rings (SSSR count). The number of nitrogens with one attached hydrogen (secondary N) is 1. The van der Waals surface area contributed by atoms with E-state index in [1.54, 1.807) is 7.11 Å². The predicted octanol–water partition coefficient (Wildman–Crippen LogP) is 0.870. The zero-order valence-electron chi connectivity index (χ0n) is 17.3. The molecule has 156 valence electrons. The molecule has 1 aliphatic heterocycles. The summed E-state index contributed by atoms with van der Waals surface area (Å²) in [4.78, 5) is 26.9. The molecule has 1 N–H and O–H groups in total. The van der Waals surface area contributed by atoms with E-state index in [4.69, 9.17) is 18.9 Å². The Labute approximate surface area is 170 Å². The maximum absolute atomic E-state index is 13.0. The standard InChI is InChI=1S/C22H27NO6/c1-14-13-17(23-9-11-29-12-10-23)20(22(25)28-4)19(18(14)21(24)27-3)15-5-7-16(26-2)8-6-15/h5-8,13,19-20H,9-12H2,1-4H3/p+1/t19-,20+/m1/s1. The van der Waals surface area contributed by atoms with Crippen LogP contribution in [-0.4, -0.2) is 59.6 Å². The summed E-state index contributed by atoms with van der Waals surface area (Å²) in [5, 5.41) is 0. The Kier molecular flexibility index (Phi) is 6.71. The topological polar surface area (TPSA) is 75.5 Å². The number of rotatable bonds is 5. The Morgan fingerprint density at radius 1 is 1.03 bits per heavy atom. The van der Waals surface area contributed by atoms with Crippen LogP contribution in [0.4, 0.5) is 0 Å². The van der Waals surface area contributed by atoms with E-state index in [-0.39, 0.29) is 5.97 Å². The summed E-state index contributed by atoms with van der Waals surface area (Å²) in [6, 6.07) is 7.42. The first-order valence-corrected chi connectivity index (χ1v) is 9.67. The maximum Gasteiger partial charge on any atom is 0.334 e. The van der Waals surface area contributed by atoms with E-state index in [1.807, 2.05) is 37.3 Å². The first-order valence-electron chi connectivity index (χ1n) is 9.67. The van der Waals surface area contributed by atoms with Gasteiger partial charge in [-0.2, -0.15) is 0 Å². The fourth-order valence-electron chi connectivity index (χ4n) is 4.18. The van der Waals surface area contributed by atoms with Gasteiger partial charge in [-0.1, -0.05) is 12.1 Å². The van der Waals surface area contributed by atoms with E-state index in [2.05, 4.69) is 0 Å². The summed E-state index contributed by atoms with van der Waals surface area (Å²) < 4.78 is 21.0. The van der Waals surface area contributed by atoms with Crippen LogP contribution in [0, 0.1) is 5.92 Å². The van der Waals surface area contributed by atoms with E-state index in [0.717, 1.165) is 29.9 Å². The molecule has 0 amide bonds. The number of benzene rings is 1. The Hall–Kier alpha value is -2.64. The molecule has 0 radical (unpaired) electrons. The van der Waals surface area contributed by atoms with E-state index in [0.29, 0.717) is 24.5 Å². The van der Waals surface area contributed by atoms with Gasteiger partial charge in [-0.3, -0.25) is 4.79 Å². The molecular weight excluding hydrogens is 374 g/mol. The largest absolute Gasteiger partial charge is 0.497 e. The molecule has 0 bridgehead atoms. The summed E-state index contributed by atoms with van der Waals surface area (Å²) >= 11 is 0. The number of allylic oxidation sites excluding steroid dienone is 2. The Morgan fingerprint density at radius 3 is 2.24 bits per heavy atom. The van der Waals surface area contributed by atoms with Gasteiger partial charge in [0.25, 0.3) is 0 Å². The van der Waals surface area contributed by atoms with Crippen molar-refractivity contribution in [3.63, 3.8) is 0 Å². The average Bonchev–Trinajstić information content (AvgIpc) is 2.78. The van der Waals surface area contributed by atoms with Crippen LogP contribution in [0.1, 0.15) is 18.4 Å². The fraction of sp³-hybridized carbons (Fsp3) is 0.455. The van der Waals surface area contributed by atoms with Crippen molar-refractivity contribution in [3.05, 3.63) is 52.7 Å². The smallest absolute Gasteiger partial charge is 0.334 e. The highest BCUT2D eigenvalue weighted by Crippen LogP contribution is 2.42. The van der Waals surface area contributed by atoms with Gasteiger partial charge < -0.3 is 23.8 Å². The predicted molar refractivity (Wildman–Crippen MR) is 106 cm³/mol. The van der Waals surface area contributed by atoms with Crippen molar-refractivity contribution in [2.75, 3.05) is 47.6 Å². The molecule has 0 spiro atoms. The molecule has 1 aromatic carbocycles. The Morgan fingerprint density at radius 2 is 1.69 bits per heavy atom. The molecule has 0 unspecified atom stereocenters. The first kappa shape index (κ1) is 21.1. The van der Waals surface area contributed by atoms with Gasteiger partial charge in [0.15, 0.2) is 0 Å². The lowest BCUT2D eigenvalue weighted by molar-refractivity contribution is -0.873. The van der Waals surface area contributed by atoms with Crippen LogP contribution in [0.15, 0.2) is 47.2 Å². The van der Waals surface area contributed by atoms with Crippen LogP contribution in [0.3, 0.4) is 0 Å². The number of carbonyl (C=O) groups is 2. The zero-order chi connectivity index (χ0) is 21.0. The van der Waals surface area contributed by atoms with E-state index in [1.165, 1.54) is 19.1 Å². The molecular formula is C22H28NO6+. The monoisotopic (exact) mass is 402 g/mol. The molecule has 7 nitrogen and oxygen atoms in total. The molecule has 2 aliphatic rings. The second-order valence-corrected chi connectivity index (χ2v) is 7.16. The molecule has 0 aromatic heterocycles. The molecule has 1 saturated heterocycles. The third-order valence-electron chi connectivity index (χ3n) is 5.62. The van der Waals surface area contributed by atoms with E-state index in [9.17, 15) is 9.59 Å². The van der Waals surface area contributed by atoms with Crippen LogP contribution >= 0.6 is 0 Å². The summed E-state index contributed by atoms with van der Waals surface area (Å²) in [6.07, 6.45) is 1.94. The van der Waals surface area contributed by atoms with Crippen molar-refractivity contribution in [1.82, 2.24) is 0 Å². The number of morpholine rings is 1. The molecule has 29 heavy (non-hydrogen) atoms. The van der Waals surface area contributed by atoms with Crippen molar-refractivity contribution >= 4 is 11.9 Å². The highest BCUT2D eigenvalue weighted by molar-refractivity contribution is 5.94. The molecule has 2 atom stereocenters. The van der Waals surface area contributed by atoms with Gasteiger partial charge >= 0.3 is 11.9 Å². The van der Waals surface area contributed by atoms with Crippen LogP contribution in [0.5, 0.6) is 5.75 Å². The highest BCUT2D eigenvalue weighted by atomic mass is 16.5. The number of carbonyl (C=O) groups excluding carboxylic acids is 2. The van der Waals surface area contributed by atoms with Gasteiger partial charge in [0, 0.05) is 11.5 Å². The summed E-state index contributed by atoms with van der Waals surface area (Å²) in [7, 11) is 4.33. The second kappa shape index (κ2) is 9.24. The molecule has 1 aliphatic carbocycles.